The highest BCUT2D eigenvalue weighted by Crippen LogP contribution is 2.36. The normalized spacial score (nSPS) is 16.2. The highest BCUT2D eigenvalue weighted by atomic mass is 127. The number of benzene rings is 1. The summed E-state index contributed by atoms with van der Waals surface area (Å²) in [6, 6.07) is 7.38. The predicted octanol–water partition coefficient (Wildman–Crippen LogP) is 3.96. The minimum Gasteiger partial charge on any atom is -0.504 e. The van der Waals surface area contributed by atoms with Gasteiger partial charge in [0, 0.05) is 11.4 Å². The van der Waals surface area contributed by atoms with E-state index in [4.69, 9.17) is 17.0 Å². The molecule has 0 aliphatic carbocycles. The van der Waals surface area contributed by atoms with E-state index < -0.39 is 0 Å². The Bertz CT molecular complexity index is 901. The molecular formula is C17H15IN2O3S2. The number of aromatic hydroxyl groups is 1. The molecular weight excluding hydrogens is 471 g/mol. The molecule has 1 saturated heterocycles. The van der Waals surface area contributed by atoms with E-state index in [2.05, 4.69) is 0 Å². The number of thiocarbonyl (C=S) groups is 1. The number of rotatable bonds is 3. The van der Waals surface area contributed by atoms with Gasteiger partial charge in [-0.05, 0) is 84.6 Å². The standard InChI is InChI=1S/C17H15IN2O3S2/c1-9-4-5-10(2)19(9)20-16(22)14(25-17(20)24)8-11-6-12(18)15(21)13(7-11)23-3/h4-8,21H,1-3H3/b14-8+. The summed E-state index contributed by atoms with van der Waals surface area (Å²) in [7, 11) is 1.49. The number of methoxy groups -OCH3 is 1. The van der Waals surface area contributed by atoms with Crippen LogP contribution in [0.3, 0.4) is 0 Å². The molecule has 130 valence electrons. The van der Waals surface area contributed by atoms with Crippen LogP contribution in [0.25, 0.3) is 6.08 Å². The van der Waals surface area contributed by atoms with Gasteiger partial charge < -0.3 is 9.84 Å². The molecule has 0 saturated carbocycles. The van der Waals surface area contributed by atoms with Gasteiger partial charge in [-0.15, -0.1) is 0 Å². The molecule has 3 rings (SSSR count). The number of hydrogen-bond donors (Lipinski definition) is 1. The van der Waals surface area contributed by atoms with Crippen molar-refractivity contribution in [2.75, 3.05) is 12.1 Å². The van der Waals surface area contributed by atoms with Crippen molar-refractivity contribution in [3.63, 3.8) is 0 Å². The second kappa shape index (κ2) is 7.00. The zero-order chi connectivity index (χ0) is 18.3. The lowest BCUT2D eigenvalue weighted by atomic mass is 10.2. The first-order chi connectivity index (χ1) is 11.8. The van der Waals surface area contributed by atoms with Crippen molar-refractivity contribution in [2.45, 2.75) is 13.8 Å². The molecule has 1 aliphatic heterocycles. The SMILES string of the molecule is COc1cc(/C=C2/SC(=S)N(n3c(C)ccc3C)C2=O)cc(I)c1O. The number of phenols is 1. The van der Waals surface area contributed by atoms with E-state index in [9.17, 15) is 9.90 Å². The van der Waals surface area contributed by atoms with E-state index in [0.717, 1.165) is 17.0 Å². The molecule has 1 aromatic heterocycles. The summed E-state index contributed by atoms with van der Waals surface area (Å²) in [5.74, 6) is 0.288. The van der Waals surface area contributed by atoms with Gasteiger partial charge in [0.2, 0.25) is 0 Å². The van der Waals surface area contributed by atoms with Gasteiger partial charge in [-0.3, -0.25) is 9.47 Å². The van der Waals surface area contributed by atoms with Crippen LogP contribution < -0.4 is 9.75 Å². The summed E-state index contributed by atoms with van der Waals surface area (Å²) < 4.78 is 8.13. The van der Waals surface area contributed by atoms with Crippen molar-refractivity contribution in [2.24, 2.45) is 0 Å². The molecule has 0 radical (unpaired) electrons. The molecule has 1 aliphatic rings. The van der Waals surface area contributed by atoms with Gasteiger partial charge in [0.15, 0.2) is 15.8 Å². The molecule has 1 fully saturated rings. The number of nitrogens with zero attached hydrogens (tertiary/aromatic N) is 2. The van der Waals surface area contributed by atoms with Gasteiger partial charge in [-0.1, -0.05) is 11.8 Å². The second-order valence-corrected chi connectivity index (χ2v) is 8.31. The first-order valence-electron chi connectivity index (χ1n) is 7.33. The number of hydrogen-bond acceptors (Lipinski definition) is 5. The number of amides is 1. The Balaban J connectivity index is 2.00. The van der Waals surface area contributed by atoms with Gasteiger partial charge >= 0.3 is 0 Å². The van der Waals surface area contributed by atoms with E-state index in [0.29, 0.717) is 18.5 Å². The topological polar surface area (TPSA) is 54.7 Å². The van der Waals surface area contributed by atoms with Crippen molar-refractivity contribution in [3.05, 3.63) is 49.7 Å². The van der Waals surface area contributed by atoms with E-state index in [1.807, 2.05) is 53.2 Å². The maximum atomic E-state index is 12.9. The molecule has 1 aromatic carbocycles. The monoisotopic (exact) mass is 486 g/mol. The Morgan fingerprint density at radius 3 is 2.52 bits per heavy atom. The zero-order valence-corrected chi connectivity index (χ0v) is 17.5. The maximum Gasteiger partial charge on any atom is 0.285 e. The van der Waals surface area contributed by atoms with Gasteiger partial charge in [-0.2, -0.15) is 5.01 Å². The molecule has 0 spiro atoms. The molecule has 1 N–H and O–H groups in total. The maximum absolute atomic E-state index is 12.9. The zero-order valence-electron chi connectivity index (χ0n) is 13.7. The Kier molecular flexibility index (Phi) is 5.12. The quantitative estimate of drug-likeness (QED) is 0.405. The number of aromatic nitrogens is 1. The minimum absolute atomic E-state index is 0.0892. The lowest BCUT2D eigenvalue weighted by Crippen LogP contribution is -2.39. The van der Waals surface area contributed by atoms with E-state index in [1.165, 1.54) is 23.9 Å². The summed E-state index contributed by atoms with van der Waals surface area (Å²) in [5, 5.41) is 11.5. The van der Waals surface area contributed by atoms with Crippen LogP contribution >= 0.6 is 46.6 Å². The molecule has 0 unspecified atom stereocenters. The van der Waals surface area contributed by atoms with Crippen LogP contribution in [0.2, 0.25) is 0 Å². The van der Waals surface area contributed by atoms with E-state index in [-0.39, 0.29) is 11.7 Å². The van der Waals surface area contributed by atoms with Crippen LogP contribution in [0, 0.1) is 17.4 Å². The van der Waals surface area contributed by atoms with Crippen LogP contribution in [-0.4, -0.2) is 27.1 Å². The Morgan fingerprint density at radius 2 is 1.92 bits per heavy atom. The number of phenolic OH excluding ortho intramolecular Hbond substituents is 1. The van der Waals surface area contributed by atoms with Crippen molar-refractivity contribution in [1.29, 1.82) is 0 Å². The van der Waals surface area contributed by atoms with Crippen LogP contribution in [0.15, 0.2) is 29.2 Å². The average Bonchev–Trinajstić information content (AvgIpc) is 3.02. The molecule has 2 heterocycles. The van der Waals surface area contributed by atoms with Gasteiger partial charge in [0.25, 0.3) is 5.91 Å². The molecule has 1 amide bonds. The summed E-state index contributed by atoms with van der Waals surface area (Å²) in [5.41, 5.74) is 2.65. The molecule has 2 aromatic rings. The van der Waals surface area contributed by atoms with Gasteiger partial charge in [-0.25, -0.2) is 0 Å². The second-order valence-electron chi connectivity index (χ2n) is 5.48. The van der Waals surface area contributed by atoms with Crippen molar-refractivity contribution in [1.82, 2.24) is 4.68 Å². The first-order valence-corrected chi connectivity index (χ1v) is 9.63. The first kappa shape index (κ1) is 18.3. The molecule has 5 nitrogen and oxygen atoms in total. The molecule has 0 bridgehead atoms. The Hall–Kier alpha value is -1.52. The number of thioether (sulfide) groups is 1. The molecule has 8 heteroatoms. The van der Waals surface area contributed by atoms with Crippen LogP contribution in [0.5, 0.6) is 11.5 Å². The number of carbonyl (C=O) groups excluding carboxylic acids is 1. The van der Waals surface area contributed by atoms with Crippen LogP contribution in [0.4, 0.5) is 0 Å². The lowest BCUT2D eigenvalue weighted by Gasteiger charge is -2.20. The fourth-order valence-electron chi connectivity index (χ4n) is 2.59. The molecule has 0 atom stereocenters. The number of halogens is 1. The molecule has 25 heavy (non-hydrogen) atoms. The highest BCUT2D eigenvalue weighted by molar-refractivity contribution is 14.1. The summed E-state index contributed by atoms with van der Waals surface area (Å²) >= 11 is 8.70. The Morgan fingerprint density at radius 1 is 1.28 bits per heavy atom. The highest BCUT2D eigenvalue weighted by Gasteiger charge is 2.34. The number of ether oxygens (including phenoxy) is 1. The third-order valence-corrected chi connectivity index (χ3v) is 5.88. The average molecular weight is 486 g/mol. The Labute approximate surface area is 168 Å². The van der Waals surface area contributed by atoms with Crippen molar-refractivity contribution >= 4 is 62.9 Å². The van der Waals surface area contributed by atoms with Crippen LogP contribution in [-0.2, 0) is 4.79 Å². The van der Waals surface area contributed by atoms with Crippen molar-refractivity contribution in [3.8, 4) is 11.5 Å². The van der Waals surface area contributed by atoms with Crippen molar-refractivity contribution < 1.29 is 14.6 Å². The fourth-order valence-corrected chi connectivity index (χ4v) is 4.46. The van der Waals surface area contributed by atoms with E-state index in [1.54, 1.807) is 18.2 Å². The number of carbonyl (C=O) groups is 1. The minimum atomic E-state index is -0.167. The van der Waals surface area contributed by atoms with Gasteiger partial charge in [0.05, 0.1) is 15.6 Å². The third-order valence-electron chi connectivity index (χ3n) is 3.78. The fraction of sp³-hybridized carbons (Fsp3) is 0.176. The van der Waals surface area contributed by atoms with Crippen LogP contribution in [0.1, 0.15) is 17.0 Å². The summed E-state index contributed by atoms with van der Waals surface area (Å²) in [4.78, 5) is 13.4. The smallest absolute Gasteiger partial charge is 0.285 e. The summed E-state index contributed by atoms with van der Waals surface area (Å²) in [6.07, 6.45) is 1.76. The lowest BCUT2D eigenvalue weighted by molar-refractivity contribution is -0.114. The number of aryl methyl sites for hydroxylation is 2. The van der Waals surface area contributed by atoms with E-state index >= 15 is 0 Å². The third kappa shape index (κ3) is 3.30. The van der Waals surface area contributed by atoms with Gasteiger partial charge in [0.1, 0.15) is 0 Å². The summed E-state index contributed by atoms with van der Waals surface area (Å²) in [6.45, 7) is 3.87. The predicted molar refractivity (Wildman–Crippen MR) is 113 cm³/mol. The largest absolute Gasteiger partial charge is 0.504 e.